The second kappa shape index (κ2) is 2.31. The Morgan fingerprint density at radius 1 is 1.29 bits per heavy atom. The predicted octanol–water partition coefficient (Wildman–Crippen LogP) is 0.0698. The number of hydrogen-bond acceptors (Lipinski definition) is 1. The molecule has 1 heteroatoms. The average Bonchev–Trinajstić information content (AvgIpc) is 2.14. The smallest absolute Gasteiger partial charge is 0.103 e. The standard InChI is InChI=1S/C6H12N/c1-7-6-4-2-3-5-6/h6-7H,1-5H2. The Hall–Kier alpha value is -0.0400. The fourth-order valence-electron chi connectivity index (χ4n) is 1.13. The molecule has 0 amide bonds. The summed E-state index contributed by atoms with van der Waals surface area (Å²) in [5.41, 5.74) is 0. The molecule has 0 aromatic carbocycles. The summed E-state index contributed by atoms with van der Waals surface area (Å²) in [7, 11) is 3.62. The highest BCUT2D eigenvalue weighted by Gasteiger charge is 2.14. The van der Waals surface area contributed by atoms with Crippen LogP contribution in [0.4, 0.5) is 0 Å². The summed E-state index contributed by atoms with van der Waals surface area (Å²) in [5, 5.41) is 3.01. The van der Waals surface area contributed by atoms with Gasteiger partial charge < -0.3 is 5.32 Å². The minimum Gasteiger partial charge on any atom is -0.332 e. The summed E-state index contributed by atoms with van der Waals surface area (Å²) in [5.74, 6) is 0. The zero-order valence-corrected chi connectivity index (χ0v) is 4.61. The Bertz CT molecular complexity index is 46.1. The Morgan fingerprint density at radius 3 is 2.14 bits per heavy atom. The van der Waals surface area contributed by atoms with Crippen LogP contribution in [-0.2, 0) is 0 Å². The molecular weight excluding hydrogens is 86.1 g/mol. The first-order valence-electron chi connectivity index (χ1n) is 2.96. The van der Waals surface area contributed by atoms with E-state index in [2.05, 4.69) is 12.4 Å². The van der Waals surface area contributed by atoms with Gasteiger partial charge >= 0.3 is 0 Å². The van der Waals surface area contributed by atoms with Crippen LogP contribution in [0.25, 0.3) is 0 Å². The lowest BCUT2D eigenvalue weighted by molar-refractivity contribution is -0.632. The topological polar surface area (TPSA) is 15.6 Å². The maximum Gasteiger partial charge on any atom is 0.103 e. The van der Waals surface area contributed by atoms with E-state index < -0.39 is 0 Å². The number of hydrogen-bond donors (Lipinski definition) is 1. The molecule has 1 rings (SSSR count). The first-order valence-corrected chi connectivity index (χ1v) is 2.96. The maximum atomic E-state index is 3.62. The summed E-state index contributed by atoms with van der Waals surface area (Å²) < 4.78 is 0. The van der Waals surface area contributed by atoms with Crippen molar-refractivity contribution in [1.82, 2.24) is 0 Å². The molecule has 1 saturated carbocycles. The van der Waals surface area contributed by atoms with E-state index in [1.54, 1.807) is 0 Å². The molecule has 7 heavy (non-hydrogen) atoms. The minimum atomic E-state index is 0.736. The van der Waals surface area contributed by atoms with E-state index in [1.807, 2.05) is 0 Å². The average molecular weight is 98.2 g/mol. The first-order chi connectivity index (χ1) is 3.43. The van der Waals surface area contributed by atoms with Gasteiger partial charge in [0.05, 0.1) is 0 Å². The van der Waals surface area contributed by atoms with Gasteiger partial charge in [0.1, 0.15) is 6.04 Å². The Kier molecular flexibility index (Phi) is 1.69. The lowest BCUT2D eigenvalue weighted by atomic mass is 10.3. The van der Waals surface area contributed by atoms with Crippen molar-refractivity contribution in [3.63, 3.8) is 0 Å². The van der Waals surface area contributed by atoms with Gasteiger partial charge in [-0.2, -0.15) is 0 Å². The highest BCUT2D eigenvalue weighted by Crippen LogP contribution is 2.13. The molecule has 0 spiro atoms. The van der Waals surface area contributed by atoms with E-state index in [0.29, 0.717) is 0 Å². The van der Waals surface area contributed by atoms with Crippen molar-refractivity contribution in [3.8, 4) is 0 Å². The molecule has 0 heterocycles. The van der Waals surface area contributed by atoms with Crippen LogP contribution in [0, 0.1) is 7.05 Å². The normalized spacial score (nSPS) is 23.6. The molecular formula is C6H12N. The molecule has 0 saturated heterocycles. The second-order valence-corrected chi connectivity index (χ2v) is 2.19. The molecule has 1 aliphatic rings. The van der Waals surface area contributed by atoms with E-state index in [0.717, 1.165) is 6.04 Å². The predicted molar refractivity (Wildman–Crippen MR) is 28.6 cm³/mol. The van der Waals surface area contributed by atoms with Gasteiger partial charge in [0.2, 0.25) is 0 Å². The van der Waals surface area contributed by atoms with Crippen LogP contribution in [-0.4, -0.2) is 6.04 Å². The molecule has 1 nitrogen and oxygen atoms in total. The summed E-state index contributed by atoms with van der Waals surface area (Å²) >= 11 is 0. The van der Waals surface area contributed by atoms with E-state index in [9.17, 15) is 0 Å². The van der Waals surface area contributed by atoms with Crippen LogP contribution in [0.3, 0.4) is 0 Å². The van der Waals surface area contributed by atoms with Crippen LogP contribution >= 0.6 is 0 Å². The maximum absolute atomic E-state index is 3.62. The zero-order chi connectivity index (χ0) is 5.11. The fraction of sp³-hybridized carbons (Fsp3) is 0.833. The van der Waals surface area contributed by atoms with E-state index in [1.165, 1.54) is 25.7 Å². The van der Waals surface area contributed by atoms with Gasteiger partial charge in [-0.05, 0) is 12.8 Å². The second-order valence-electron chi connectivity index (χ2n) is 2.19. The molecule has 0 aromatic rings. The molecule has 0 aliphatic heterocycles. The van der Waals surface area contributed by atoms with Gasteiger partial charge in [-0.25, -0.2) is 0 Å². The quantitative estimate of drug-likeness (QED) is 0.447. The van der Waals surface area contributed by atoms with Crippen molar-refractivity contribution >= 4 is 0 Å². The molecule has 0 unspecified atom stereocenters. The largest absolute Gasteiger partial charge is 0.332 e. The lowest BCUT2D eigenvalue weighted by Gasteiger charge is -1.99. The molecule has 0 aromatic heterocycles. The fourth-order valence-corrected chi connectivity index (χ4v) is 1.13. The van der Waals surface area contributed by atoms with Gasteiger partial charge in [-0.1, -0.05) is 0 Å². The van der Waals surface area contributed by atoms with Crippen LogP contribution < -0.4 is 5.32 Å². The molecule has 1 aliphatic carbocycles. The summed E-state index contributed by atoms with van der Waals surface area (Å²) in [6.07, 6.45) is 5.47. The van der Waals surface area contributed by atoms with Crippen molar-refractivity contribution in [3.05, 3.63) is 7.05 Å². The van der Waals surface area contributed by atoms with Crippen molar-refractivity contribution in [1.29, 1.82) is 0 Å². The van der Waals surface area contributed by atoms with E-state index in [4.69, 9.17) is 0 Å². The summed E-state index contributed by atoms with van der Waals surface area (Å²) in [6, 6.07) is 0.736. The third kappa shape index (κ3) is 1.16. The first kappa shape index (κ1) is 5.10. The van der Waals surface area contributed by atoms with Crippen molar-refractivity contribution in [2.75, 3.05) is 0 Å². The zero-order valence-electron chi connectivity index (χ0n) is 4.61. The van der Waals surface area contributed by atoms with Gasteiger partial charge in [-0.3, -0.25) is 0 Å². The molecule has 0 bridgehead atoms. The monoisotopic (exact) mass is 98.1 g/mol. The lowest BCUT2D eigenvalue weighted by Crippen LogP contribution is -2.82. The molecule has 1 fully saturated rings. The third-order valence-corrected chi connectivity index (χ3v) is 1.64. The van der Waals surface area contributed by atoms with Crippen LogP contribution in [0.1, 0.15) is 25.7 Å². The summed E-state index contributed by atoms with van der Waals surface area (Å²) in [6.45, 7) is 0. The van der Waals surface area contributed by atoms with E-state index >= 15 is 0 Å². The number of nitrogens with one attached hydrogen (secondary N) is 1. The van der Waals surface area contributed by atoms with Crippen molar-refractivity contribution < 1.29 is 5.32 Å². The highest BCUT2D eigenvalue weighted by atomic mass is 14.9. The van der Waals surface area contributed by atoms with Crippen molar-refractivity contribution in [2.45, 2.75) is 31.7 Å². The SMILES string of the molecule is [CH2-][NH+]C1CCCC1. The summed E-state index contributed by atoms with van der Waals surface area (Å²) in [4.78, 5) is 0. The minimum absolute atomic E-state index is 0.736. The van der Waals surface area contributed by atoms with Crippen LogP contribution in [0.15, 0.2) is 0 Å². The third-order valence-electron chi connectivity index (χ3n) is 1.64. The number of rotatable bonds is 1. The van der Waals surface area contributed by atoms with Gasteiger partial charge in [-0.15, -0.1) is 7.05 Å². The van der Waals surface area contributed by atoms with E-state index in [-0.39, 0.29) is 0 Å². The molecule has 0 atom stereocenters. The Balaban J connectivity index is 2.14. The Morgan fingerprint density at radius 2 is 1.86 bits per heavy atom. The highest BCUT2D eigenvalue weighted by molar-refractivity contribution is 4.62. The molecule has 1 radical (unpaired) electrons. The van der Waals surface area contributed by atoms with Gasteiger partial charge in [0.25, 0.3) is 0 Å². The van der Waals surface area contributed by atoms with Gasteiger partial charge in [0, 0.05) is 12.8 Å². The van der Waals surface area contributed by atoms with Crippen LogP contribution in [0.2, 0.25) is 0 Å². The van der Waals surface area contributed by atoms with Crippen LogP contribution in [0.5, 0.6) is 0 Å². The molecule has 41 valence electrons. The van der Waals surface area contributed by atoms with Crippen molar-refractivity contribution in [2.24, 2.45) is 0 Å². The van der Waals surface area contributed by atoms with Gasteiger partial charge in [0.15, 0.2) is 0 Å². The molecule has 1 N–H and O–H groups in total. The Labute approximate surface area is 45.1 Å².